The molecule has 1 aromatic carbocycles. The molecule has 1 amide bonds. The van der Waals surface area contributed by atoms with Crippen LogP contribution in [0, 0.1) is 0 Å². The van der Waals surface area contributed by atoms with E-state index in [0.29, 0.717) is 34.8 Å². The highest BCUT2D eigenvalue weighted by atomic mass is 35.5. The zero-order valence-electron chi connectivity index (χ0n) is 12.0. The van der Waals surface area contributed by atoms with Gasteiger partial charge in [0.05, 0.1) is 17.5 Å². The Labute approximate surface area is 132 Å². The van der Waals surface area contributed by atoms with Gasteiger partial charge in [0, 0.05) is 17.1 Å². The number of carboxylic acid groups (broad SMARTS) is 1. The van der Waals surface area contributed by atoms with E-state index in [4.69, 9.17) is 16.7 Å². The topological polar surface area (TPSA) is 86.3 Å². The second-order valence-electron chi connectivity index (χ2n) is 4.76. The third-order valence-electron chi connectivity index (χ3n) is 3.12. The van der Waals surface area contributed by atoms with Gasteiger partial charge in [-0.25, -0.2) is 0 Å². The molecule has 1 heterocycles. The molecule has 0 unspecified atom stereocenters. The van der Waals surface area contributed by atoms with E-state index in [1.165, 1.54) is 11.1 Å². The summed E-state index contributed by atoms with van der Waals surface area (Å²) in [7, 11) is 0. The number of carboxylic acids is 1. The van der Waals surface area contributed by atoms with E-state index in [-0.39, 0.29) is 12.5 Å². The zero-order chi connectivity index (χ0) is 16.1. The van der Waals surface area contributed by atoms with Crippen molar-refractivity contribution in [3.63, 3.8) is 0 Å². The van der Waals surface area contributed by atoms with Gasteiger partial charge in [-0.2, -0.15) is 5.10 Å². The molecule has 116 valence electrons. The summed E-state index contributed by atoms with van der Waals surface area (Å²) in [5.74, 6) is -1.43. The number of H-pyrrole nitrogens is 1. The first-order valence-corrected chi connectivity index (χ1v) is 7.21. The molecule has 7 heteroatoms. The monoisotopic (exact) mass is 321 g/mol. The quantitative estimate of drug-likeness (QED) is 0.856. The summed E-state index contributed by atoms with van der Waals surface area (Å²) < 4.78 is 0. The van der Waals surface area contributed by atoms with Crippen LogP contribution in [0.25, 0.3) is 11.3 Å². The Kier molecular flexibility index (Phi) is 5.16. The molecular formula is C15H16ClN3O3. The number of halogens is 1. The van der Waals surface area contributed by atoms with Gasteiger partial charge >= 0.3 is 5.97 Å². The fraction of sp³-hybridized carbons (Fsp3) is 0.267. The van der Waals surface area contributed by atoms with Gasteiger partial charge in [-0.15, -0.1) is 0 Å². The predicted octanol–water partition coefficient (Wildman–Crippen LogP) is 2.67. The zero-order valence-corrected chi connectivity index (χ0v) is 12.8. The van der Waals surface area contributed by atoms with E-state index in [9.17, 15) is 9.59 Å². The second-order valence-corrected chi connectivity index (χ2v) is 5.17. The highest BCUT2D eigenvalue weighted by Crippen LogP contribution is 2.29. The number of rotatable bonds is 6. The number of benzene rings is 1. The first kappa shape index (κ1) is 16.0. The summed E-state index contributed by atoms with van der Waals surface area (Å²) in [6.45, 7) is 1.89. The average molecular weight is 322 g/mol. The largest absolute Gasteiger partial charge is 0.480 e. The summed E-state index contributed by atoms with van der Waals surface area (Å²) in [5.41, 5.74) is 1.45. The first-order chi connectivity index (χ1) is 10.5. The van der Waals surface area contributed by atoms with Crippen LogP contribution in [0.1, 0.15) is 23.7 Å². The van der Waals surface area contributed by atoms with Crippen LogP contribution >= 0.6 is 11.6 Å². The molecule has 2 aromatic rings. The van der Waals surface area contributed by atoms with Crippen LogP contribution in [-0.2, 0) is 4.79 Å². The molecule has 2 rings (SSSR count). The SMILES string of the molecule is CCCN(CC(=O)O)C(=O)c1cn[nH]c1-c1ccccc1Cl. The third kappa shape index (κ3) is 3.46. The van der Waals surface area contributed by atoms with Crippen molar-refractivity contribution in [2.45, 2.75) is 13.3 Å². The number of hydrogen-bond donors (Lipinski definition) is 2. The van der Waals surface area contributed by atoms with Crippen LogP contribution in [-0.4, -0.2) is 45.2 Å². The number of carbonyl (C=O) groups is 2. The second kappa shape index (κ2) is 7.09. The maximum atomic E-state index is 12.6. The van der Waals surface area contributed by atoms with Gasteiger partial charge in [-0.3, -0.25) is 14.7 Å². The van der Waals surface area contributed by atoms with Gasteiger partial charge < -0.3 is 10.0 Å². The Bertz CT molecular complexity index is 684. The Hall–Kier alpha value is -2.34. The number of nitrogens with one attached hydrogen (secondary N) is 1. The molecule has 0 saturated carbocycles. The van der Waals surface area contributed by atoms with Crippen LogP contribution in [0.2, 0.25) is 5.02 Å². The number of carbonyl (C=O) groups excluding carboxylic acids is 1. The molecule has 0 spiro atoms. The molecule has 0 aliphatic rings. The van der Waals surface area contributed by atoms with Crippen LogP contribution in [0.15, 0.2) is 30.5 Å². The van der Waals surface area contributed by atoms with E-state index >= 15 is 0 Å². The lowest BCUT2D eigenvalue weighted by Gasteiger charge is -2.19. The lowest BCUT2D eigenvalue weighted by Crippen LogP contribution is -2.36. The van der Waals surface area contributed by atoms with Gasteiger partial charge in [-0.1, -0.05) is 36.7 Å². The van der Waals surface area contributed by atoms with Crippen molar-refractivity contribution in [3.8, 4) is 11.3 Å². The van der Waals surface area contributed by atoms with Crippen molar-refractivity contribution in [1.29, 1.82) is 0 Å². The number of nitrogens with zero attached hydrogens (tertiary/aromatic N) is 2. The minimum Gasteiger partial charge on any atom is -0.480 e. The van der Waals surface area contributed by atoms with E-state index in [0.717, 1.165) is 0 Å². The highest BCUT2D eigenvalue weighted by Gasteiger charge is 2.23. The number of aromatic nitrogens is 2. The molecule has 0 radical (unpaired) electrons. The van der Waals surface area contributed by atoms with Crippen molar-refractivity contribution in [1.82, 2.24) is 15.1 Å². The molecule has 0 saturated heterocycles. The smallest absolute Gasteiger partial charge is 0.323 e. The average Bonchev–Trinajstić information content (AvgIpc) is 2.95. The van der Waals surface area contributed by atoms with Gasteiger partial charge in [-0.05, 0) is 12.5 Å². The molecule has 2 N–H and O–H groups in total. The predicted molar refractivity (Wildman–Crippen MR) is 82.9 cm³/mol. The molecule has 0 aliphatic heterocycles. The molecule has 0 fully saturated rings. The van der Waals surface area contributed by atoms with E-state index in [1.54, 1.807) is 24.3 Å². The van der Waals surface area contributed by atoms with Crippen LogP contribution in [0.4, 0.5) is 0 Å². The normalized spacial score (nSPS) is 10.5. The number of amides is 1. The summed E-state index contributed by atoms with van der Waals surface area (Å²) >= 11 is 6.15. The maximum Gasteiger partial charge on any atom is 0.323 e. The van der Waals surface area contributed by atoms with Crippen LogP contribution in [0.3, 0.4) is 0 Å². The summed E-state index contributed by atoms with van der Waals surface area (Å²) in [5, 5.41) is 16.1. The number of hydrogen-bond acceptors (Lipinski definition) is 3. The lowest BCUT2D eigenvalue weighted by atomic mass is 10.1. The fourth-order valence-electron chi connectivity index (χ4n) is 2.17. The number of aliphatic carboxylic acids is 1. The summed E-state index contributed by atoms with van der Waals surface area (Å²) in [6.07, 6.45) is 2.06. The van der Waals surface area contributed by atoms with E-state index < -0.39 is 5.97 Å². The molecule has 0 atom stereocenters. The van der Waals surface area contributed by atoms with Crippen molar-refractivity contribution in [2.75, 3.05) is 13.1 Å². The molecule has 0 aliphatic carbocycles. The van der Waals surface area contributed by atoms with Crippen LogP contribution in [0.5, 0.6) is 0 Å². The minimum atomic E-state index is -1.05. The van der Waals surface area contributed by atoms with Gasteiger partial charge in [0.25, 0.3) is 5.91 Å². The number of aromatic amines is 1. The molecule has 6 nitrogen and oxygen atoms in total. The molecule has 22 heavy (non-hydrogen) atoms. The fourth-order valence-corrected chi connectivity index (χ4v) is 2.40. The molecule has 0 bridgehead atoms. The van der Waals surface area contributed by atoms with E-state index in [2.05, 4.69) is 10.2 Å². The lowest BCUT2D eigenvalue weighted by molar-refractivity contribution is -0.137. The van der Waals surface area contributed by atoms with Crippen molar-refractivity contribution < 1.29 is 14.7 Å². The van der Waals surface area contributed by atoms with Gasteiger partial charge in [0.2, 0.25) is 0 Å². The third-order valence-corrected chi connectivity index (χ3v) is 3.45. The Morgan fingerprint density at radius 2 is 2.09 bits per heavy atom. The Morgan fingerprint density at radius 3 is 2.73 bits per heavy atom. The van der Waals surface area contributed by atoms with Crippen molar-refractivity contribution in [2.24, 2.45) is 0 Å². The van der Waals surface area contributed by atoms with Crippen molar-refractivity contribution >= 4 is 23.5 Å². The van der Waals surface area contributed by atoms with Crippen molar-refractivity contribution in [3.05, 3.63) is 41.0 Å². The van der Waals surface area contributed by atoms with E-state index in [1.807, 2.05) is 6.92 Å². The summed E-state index contributed by atoms with van der Waals surface area (Å²) in [6, 6.07) is 7.08. The highest BCUT2D eigenvalue weighted by molar-refractivity contribution is 6.33. The maximum absolute atomic E-state index is 12.6. The Morgan fingerprint density at radius 1 is 1.36 bits per heavy atom. The van der Waals surface area contributed by atoms with Crippen LogP contribution < -0.4 is 0 Å². The standard InChI is InChI=1S/C15H16ClN3O3/c1-2-7-19(9-13(20)21)15(22)11-8-17-18-14(11)10-5-3-4-6-12(10)16/h3-6,8H,2,7,9H2,1H3,(H,17,18)(H,20,21). The summed E-state index contributed by atoms with van der Waals surface area (Å²) in [4.78, 5) is 24.8. The minimum absolute atomic E-state index is 0.308. The Balaban J connectivity index is 2.37. The first-order valence-electron chi connectivity index (χ1n) is 6.84. The molecule has 1 aromatic heterocycles. The molecular weight excluding hydrogens is 306 g/mol. The van der Waals surface area contributed by atoms with Gasteiger partial charge in [0.15, 0.2) is 0 Å². The van der Waals surface area contributed by atoms with Gasteiger partial charge in [0.1, 0.15) is 6.54 Å².